The Morgan fingerprint density at radius 2 is 1.09 bits per heavy atom. The lowest BCUT2D eigenvalue weighted by atomic mass is 9.90. The quantitative estimate of drug-likeness (QED) is 0.173. The van der Waals surface area contributed by atoms with Gasteiger partial charge in [0.05, 0.1) is 0 Å². The third-order valence-corrected chi connectivity index (χ3v) is 8.51. The van der Waals surface area contributed by atoms with Crippen molar-refractivity contribution in [3.8, 4) is 22.3 Å². The normalized spacial score (nSPS) is 12.5. The van der Waals surface area contributed by atoms with E-state index >= 15 is 0 Å². The molecule has 1 aliphatic rings. The molecule has 1 aliphatic heterocycles. The Labute approximate surface area is 207 Å². The standard InChI is InChI=1S/C34H20S/c1-2-8-23-18-31-29(19-24-9-3-4-12-26(24)30(31)17-22(23)7-1)25-15-16-27-28-13-5-10-21-11-6-14-32(34(21)28)35-33(27)20-25/h1-20H. The van der Waals surface area contributed by atoms with Gasteiger partial charge in [-0.15, -0.1) is 0 Å². The SMILES string of the molecule is c1ccc2cc3c(cc2c1)c(-c1ccc2c(c1)Sc1cccc4cccc-2c14)cc1ccccc13. The Morgan fingerprint density at radius 1 is 0.371 bits per heavy atom. The molecular formula is C34H20S. The van der Waals surface area contributed by atoms with E-state index in [-0.39, 0.29) is 0 Å². The van der Waals surface area contributed by atoms with Crippen molar-refractivity contribution in [3.05, 3.63) is 121 Å². The van der Waals surface area contributed by atoms with Gasteiger partial charge in [-0.25, -0.2) is 0 Å². The maximum atomic E-state index is 2.40. The summed E-state index contributed by atoms with van der Waals surface area (Å²) in [6.07, 6.45) is 0. The molecule has 8 rings (SSSR count). The summed E-state index contributed by atoms with van der Waals surface area (Å²) in [6.45, 7) is 0. The van der Waals surface area contributed by atoms with E-state index in [2.05, 4.69) is 121 Å². The molecule has 0 aliphatic carbocycles. The Bertz CT molecular complexity index is 1970. The van der Waals surface area contributed by atoms with E-state index in [1.54, 1.807) is 0 Å². The predicted molar refractivity (Wildman–Crippen MR) is 151 cm³/mol. The summed E-state index contributed by atoms with van der Waals surface area (Å²) in [6, 6.07) is 44.9. The molecule has 0 atom stereocenters. The first-order valence-electron chi connectivity index (χ1n) is 12.0. The smallest absolute Gasteiger partial charge is 0.0207 e. The fourth-order valence-corrected chi connectivity index (χ4v) is 6.94. The van der Waals surface area contributed by atoms with Gasteiger partial charge < -0.3 is 0 Å². The van der Waals surface area contributed by atoms with Crippen LogP contribution in [0.4, 0.5) is 0 Å². The minimum atomic E-state index is 1.27. The van der Waals surface area contributed by atoms with E-state index in [1.807, 2.05) is 11.8 Å². The highest BCUT2D eigenvalue weighted by Gasteiger charge is 2.20. The summed E-state index contributed by atoms with van der Waals surface area (Å²) in [5.41, 5.74) is 5.24. The minimum absolute atomic E-state index is 1.27. The molecule has 1 heteroatoms. The van der Waals surface area contributed by atoms with E-state index in [0.29, 0.717) is 0 Å². The molecule has 0 nitrogen and oxygen atoms in total. The van der Waals surface area contributed by atoms with E-state index < -0.39 is 0 Å². The van der Waals surface area contributed by atoms with Gasteiger partial charge in [-0.3, -0.25) is 0 Å². The average molecular weight is 461 g/mol. The lowest BCUT2D eigenvalue weighted by Gasteiger charge is -2.21. The maximum absolute atomic E-state index is 2.40. The van der Waals surface area contributed by atoms with Crippen molar-refractivity contribution < 1.29 is 0 Å². The van der Waals surface area contributed by atoms with Crippen LogP contribution in [0.2, 0.25) is 0 Å². The van der Waals surface area contributed by atoms with Crippen LogP contribution in [0.3, 0.4) is 0 Å². The summed E-state index contributed by atoms with van der Waals surface area (Å²) >= 11 is 1.90. The topological polar surface area (TPSA) is 0 Å². The maximum Gasteiger partial charge on any atom is 0.0207 e. The number of hydrogen-bond acceptors (Lipinski definition) is 1. The van der Waals surface area contributed by atoms with Gasteiger partial charge in [-0.05, 0) is 90.3 Å². The largest absolute Gasteiger partial charge is 0.0888 e. The molecule has 0 aromatic heterocycles. The highest BCUT2D eigenvalue weighted by molar-refractivity contribution is 7.99. The average Bonchev–Trinajstić information content (AvgIpc) is 2.91. The lowest BCUT2D eigenvalue weighted by molar-refractivity contribution is 1.40. The Morgan fingerprint density at radius 3 is 1.94 bits per heavy atom. The zero-order valence-corrected chi connectivity index (χ0v) is 19.8. The van der Waals surface area contributed by atoms with Crippen LogP contribution in [0, 0.1) is 0 Å². The molecule has 0 saturated carbocycles. The molecule has 0 spiro atoms. The number of hydrogen-bond donors (Lipinski definition) is 0. The van der Waals surface area contributed by atoms with Gasteiger partial charge in [0.2, 0.25) is 0 Å². The molecule has 0 fully saturated rings. The fourth-order valence-electron chi connectivity index (χ4n) is 5.76. The van der Waals surface area contributed by atoms with Crippen molar-refractivity contribution in [2.24, 2.45) is 0 Å². The Balaban J connectivity index is 1.42. The molecule has 162 valence electrons. The van der Waals surface area contributed by atoms with Crippen LogP contribution in [-0.4, -0.2) is 0 Å². The fraction of sp³-hybridized carbons (Fsp3) is 0. The second kappa shape index (κ2) is 7.21. The van der Waals surface area contributed by atoms with Gasteiger partial charge in [0, 0.05) is 15.2 Å². The molecule has 0 N–H and O–H groups in total. The van der Waals surface area contributed by atoms with Gasteiger partial charge in [0.15, 0.2) is 0 Å². The van der Waals surface area contributed by atoms with Crippen molar-refractivity contribution >= 4 is 54.9 Å². The molecule has 7 aromatic rings. The van der Waals surface area contributed by atoms with E-state index in [9.17, 15) is 0 Å². The molecule has 0 unspecified atom stereocenters. The van der Waals surface area contributed by atoms with Crippen LogP contribution < -0.4 is 0 Å². The van der Waals surface area contributed by atoms with Gasteiger partial charge >= 0.3 is 0 Å². The van der Waals surface area contributed by atoms with Gasteiger partial charge in [0.25, 0.3) is 0 Å². The number of benzene rings is 7. The molecule has 0 saturated heterocycles. The minimum Gasteiger partial charge on any atom is -0.0888 e. The second-order valence-electron chi connectivity index (χ2n) is 9.36. The van der Waals surface area contributed by atoms with Crippen LogP contribution >= 0.6 is 11.8 Å². The third kappa shape index (κ3) is 2.82. The van der Waals surface area contributed by atoms with E-state index in [0.717, 1.165) is 0 Å². The first-order valence-corrected chi connectivity index (χ1v) is 12.8. The molecule has 0 bridgehead atoms. The summed E-state index contributed by atoms with van der Waals surface area (Å²) in [4.78, 5) is 2.67. The summed E-state index contributed by atoms with van der Waals surface area (Å²) < 4.78 is 0. The van der Waals surface area contributed by atoms with Gasteiger partial charge in [0.1, 0.15) is 0 Å². The van der Waals surface area contributed by atoms with Crippen molar-refractivity contribution in [2.45, 2.75) is 9.79 Å². The highest BCUT2D eigenvalue weighted by Crippen LogP contribution is 2.49. The van der Waals surface area contributed by atoms with Crippen LogP contribution in [-0.2, 0) is 0 Å². The van der Waals surface area contributed by atoms with Crippen molar-refractivity contribution in [1.82, 2.24) is 0 Å². The first-order chi connectivity index (χ1) is 17.3. The Hall–Kier alpha value is -4.07. The van der Waals surface area contributed by atoms with E-state index in [1.165, 1.54) is 75.1 Å². The number of fused-ring (bicyclic) bond motifs is 6. The van der Waals surface area contributed by atoms with Gasteiger partial charge in [-0.2, -0.15) is 0 Å². The monoisotopic (exact) mass is 460 g/mol. The molecule has 1 heterocycles. The molecule has 0 amide bonds. The zero-order valence-electron chi connectivity index (χ0n) is 19.0. The van der Waals surface area contributed by atoms with Crippen LogP contribution in [0.5, 0.6) is 0 Å². The lowest BCUT2D eigenvalue weighted by Crippen LogP contribution is -1.93. The van der Waals surface area contributed by atoms with Gasteiger partial charge in [-0.1, -0.05) is 103 Å². The van der Waals surface area contributed by atoms with Crippen molar-refractivity contribution in [1.29, 1.82) is 0 Å². The van der Waals surface area contributed by atoms with Crippen molar-refractivity contribution in [2.75, 3.05) is 0 Å². The van der Waals surface area contributed by atoms with Crippen LogP contribution in [0.25, 0.3) is 65.3 Å². The molecule has 35 heavy (non-hydrogen) atoms. The van der Waals surface area contributed by atoms with Crippen LogP contribution in [0.15, 0.2) is 131 Å². The first kappa shape index (κ1) is 19.3. The number of rotatable bonds is 1. The van der Waals surface area contributed by atoms with Crippen molar-refractivity contribution in [3.63, 3.8) is 0 Å². The molecule has 7 aromatic carbocycles. The summed E-state index contributed by atoms with van der Waals surface area (Å²) in [5, 5.41) is 10.5. The summed E-state index contributed by atoms with van der Waals surface area (Å²) in [7, 11) is 0. The molecule has 0 radical (unpaired) electrons. The highest BCUT2D eigenvalue weighted by atomic mass is 32.2. The zero-order chi connectivity index (χ0) is 22.9. The third-order valence-electron chi connectivity index (χ3n) is 7.40. The van der Waals surface area contributed by atoms with Crippen LogP contribution in [0.1, 0.15) is 0 Å². The summed E-state index contributed by atoms with van der Waals surface area (Å²) in [5.74, 6) is 0. The predicted octanol–water partition coefficient (Wildman–Crippen LogP) is 10.1. The Kier molecular flexibility index (Phi) is 3.97. The van der Waals surface area contributed by atoms with E-state index in [4.69, 9.17) is 0 Å². The molecular weight excluding hydrogens is 440 g/mol. The second-order valence-corrected chi connectivity index (χ2v) is 10.4.